The fraction of sp³-hybridized carbons (Fsp3) is 0.500. The lowest BCUT2D eigenvalue weighted by atomic mass is 10.1. The van der Waals surface area contributed by atoms with Gasteiger partial charge < -0.3 is 10.3 Å². The van der Waals surface area contributed by atoms with Crippen molar-refractivity contribution in [3.8, 4) is 0 Å². The second kappa shape index (κ2) is 4.56. The highest BCUT2D eigenvalue weighted by Gasteiger charge is 2.27. The number of rotatable bonds is 2. The van der Waals surface area contributed by atoms with Gasteiger partial charge in [0.05, 0.1) is 11.0 Å². The number of hydrogen-bond acceptors (Lipinski definition) is 2. The van der Waals surface area contributed by atoms with E-state index in [9.17, 15) is 0 Å². The molecular weight excluding hydrogens is 246 g/mol. The van der Waals surface area contributed by atoms with Crippen LogP contribution >= 0.6 is 11.6 Å². The summed E-state index contributed by atoms with van der Waals surface area (Å²) >= 11 is 6.08. The number of nitrogens with zero attached hydrogens (tertiary/aromatic N) is 2. The van der Waals surface area contributed by atoms with Gasteiger partial charge in [-0.25, -0.2) is 4.98 Å². The van der Waals surface area contributed by atoms with Crippen molar-refractivity contribution in [2.24, 2.45) is 5.73 Å². The summed E-state index contributed by atoms with van der Waals surface area (Å²) in [7, 11) is 0. The Labute approximate surface area is 112 Å². The maximum Gasteiger partial charge on any atom is 0.113 e. The van der Waals surface area contributed by atoms with Gasteiger partial charge in [-0.05, 0) is 44.4 Å². The first kappa shape index (κ1) is 12.0. The van der Waals surface area contributed by atoms with E-state index in [1.54, 1.807) is 0 Å². The van der Waals surface area contributed by atoms with Crippen molar-refractivity contribution in [3.63, 3.8) is 0 Å². The molecule has 2 aromatic rings. The van der Waals surface area contributed by atoms with Gasteiger partial charge in [-0.15, -0.1) is 0 Å². The van der Waals surface area contributed by atoms with Crippen molar-refractivity contribution in [1.82, 2.24) is 9.55 Å². The Balaban J connectivity index is 2.11. The van der Waals surface area contributed by atoms with Crippen molar-refractivity contribution >= 4 is 22.6 Å². The highest BCUT2D eigenvalue weighted by molar-refractivity contribution is 6.31. The molecule has 1 aliphatic carbocycles. The number of fused-ring (bicyclic) bond motifs is 1. The molecule has 2 N–H and O–H groups in total. The molecule has 3 rings (SSSR count). The molecule has 3 nitrogen and oxygen atoms in total. The average molecular weight is 264 g/mol. The standard InChI is InChI=1S/C14H18ClN3/c1-2-18-13-8-10(15)4-6-12(13)17-14(18)9-3-5-11(16)7-9/h4,6,8-9,11H,2-3,5,7,16H2,1H3/t9-,11+/m1/s1. The Kier molecular flexibility index (Phi) is 3.04. The van der Waals surface area contributed by atoms with E-state index in [1.165, 1.54) is 5.82 Å². The summed E-state index contributed by atoms with van der Waals surface area (Å²) in [6.07, 6.45) is 3.31. The van der Waals surface area contributed by atoms with Crippen molar-refractivity contribution in [2.75, 3.05) is 0 Å². The summed E-state index contributed by atoms with van der Waals surface area (Å²) < 4.78 is 2.28. The summed E-state index contributed by atoms with van der Waals surface area (Å²) in [6.45, 7) is 3.08. The van der Waals surface area contributed by atoms with Gasteiger partial charge in [0.1, 0.15) is 5.82 Å². The van der Waals surface area contributed by atoms with Crippen LogP contribution in [0.1, 0.15) is 37.9 Å². The van der Waals surface area contributed by atoms with Gasteiger partial charge in [0.2, 0.25) is 0 Å². The van der Waals surface area contributed by atoms with Crippen LogP contribution in [0.15, 0.2) is 18.2 Å². The third kappa shape index (κ3) is 1.91. The highest BCUT2D eigenvalue weighted by atomic mass is 35.5. The molecular formula is C14H18ClN3. The molecule has 2 atom stereocenters. The van der Waals surface area contributed by atoms with Gasteiger partial charge in [-0.3, -0.25) is 0 Å². The fourth-order valence-corrected chi connectivity index (χ4v) is 3.18. The Bertz CT molecular complexity index is 576. The number of imidazole rings is 1. The van der Waals surface area contributed by atoms with Gasteiger partial charge in [-0.1, -0.05) is 11.6 Å². The van der Waals surface area contributed by atoms with Gasteiger partial charge in [0.25, 0.3) is 0 Å². The lowest BCUT2D eigenvalue weighted by Crippen LogP contribution is -2.15. The maximum absolute atomic E-state index is 6.08. The van der Waals surface area contributed by atoms with Crippen LogP contribution in [-0.2, 0) is 6.54 Å². The van der Waals surface area contributed by atoms with Crippen LogP contribution < -0.4 is 5.73 Å². The van der Waals surface area contributed by atoms with E-state index in [-0.39, 0.29) is 0 Å². The first-order valence-corrected chi connectivity index (χ1v) is 6.98. The zero-order valence-corrected chi connectivity index (χ0v) is 11.3. The van der Waals surface area contributed by atoms with E-state index >= 15 is 0 Å². The van der Waals surface area contributed by atoms with Crippen LogP contribution in [0.4, 0.5) is 0 Å². The van der Waals surface area contributed by atoms with E-state index in [0.29, 0.717) is 12.0 Å². The quantitative estimate of drug-likeness (QED) is 0.903. The lowest BCUT2D eigenvalue weighted by Gasteiger charge is -2.11. The van der Waals surface area contributed by atoms with E-state index in [0.717, 1.165) is 41.9 Å². The average Bonchev–Trinajstić information content (AvgIpc) is 2.91. The van der Waals surface area contributed by atoms with Gasteiger partial charge in [0.15, 0.2) is 0 Å². The van der Waals surface area contributed by atoms with Crippen LogP contribution in [0.2, 0.25) is 5.02 Å². The third-order valence-corrected chi connectivity index (χ3v) is 4.13. The van der Waals surface area contributed by atoms with E-state index in [2.05, 4.69) is 11.5 Å². The second-order valence-electron chi connectivity index (χ2n) is 5.12. The predicted octanol–water partition coefficient (Wildman–Crippen LogP) is 3.30. The number of hydrogen-bond donors (Lipinski definition) is 1. The van der Waals surface area contributed by atoms with Crippen LogP contribution in [0.5, 0.6) is 0 Å². The molecule has 4 heteroatoms. The lowest BCUT2D eigenvalue weighted by molar-refractivity contribution is 0.598. The van der Waals surface area contributed by atoms with Crippen LogP contribution in [0.3, 0.4) is 0 Å². The topological polar surface area (TPSA) is 43.8 Å². The van der Waals surface area contributed by atoms with E-state index in [1.807, 2.05) is 18.2 Å². The van der Waals surface area contributed by atoms with Crippen molar-refractivity contribution < 1.29 is 0 Å². The number of aryl methyl sites for hydroxylation is 1. The molecule has 1 fully saturated rings. The molecule has 0 saturated heterocycles. The van der Waals surface area contributed by atoms with Crippen molar-refractivity contribution in [3.05, 3.63) is 29.0 Å². The van der Waals surface area contributed by atoms with Gasteiger partial charge in [0, 0.05) is 23.5 Å². The smallest absolute Gasteiger partial charge is 0.113 e. The molecule has 1 saturated carbocycles. The summed E-state index contributed by atoms with van der Waals surface area (Å²) in [5, 5.41) is 0.770. The molecule has 0 aliphatic heterocycles. The van der Waals surface area contributed by atoms with Crippen LogP contribution in [-0.4, -0.2) is 15.6 Å². The molecule has 1 aromatic carbocycles. The largest absolute Gasteiger partial charge is 0.328 e. The zero-order valence-electron chi connectivity index (χ0n) is 10.6. The minimum absolute atomic E-state index is 0.337. The molecule has 0 bridgehead atoms. The molecule has 18 heavy (non-hydrogen) atoms. The molecule has 1 heterocycles. The molecule has 1 aliphatic rings. The SMILES string of the molecule is CCn1c([C@@H]2CC[C@H](N)C2)nc2ccc(Cl)cc21. The Morgan fingerprint density at radius 2 is 2.28 bits per heavy atom. The summed E-state index contributed by atoms with van der Waals surface area (Å²) in [4.78, 5) is 4.79. The van der Waals surface area contributed by atoms with Gasteiger partial charge in [-0.2, -0.15) is 0 Å². The molecule has 0 spiro atoms. The number of nitrogens with two attached hydrogens (primary N) is 1. The molecule has 0 unspecified atom stereocenters. The van der Waals surface area contributed by atoms with E-state index in [4.69, 9.17) is 22.3 Å². The summed E-state index contributed by atoms with van der Waals surface area (Å²) in [5.74, 6) is 1.69. The van der Waals surface area contributed by atoms with Crippen molar-refractivity contribution in [1.29, 1.82) is 0 Å². The van der Waals surface area contributed by atoms with Crippen LogP contribution in [0, 0.1) is 0 Å². The van der Waals surface area contributed by atoms with Gasteiger partial charge >= 0.3 is 0 Å². The number of benzene rings is 1. The Morgan fingerprint density at radius 3 is 2.94 bits per heavy atom. The second-order valence-corrected chi connectivity index (χ2v) is 5.55. The fourth-order valence-electron chi connectivity index (χ4n) is 3.01. The number of halogens is 1. The molecule has 1 aromatic heterocycles. The normalized spacial score (nSPS) is 23.9. The maximum atomic E-state index is 6.08. The first-order chi connectivity index (χ1) is 8.69. The Hall–Kier alpha value is -1.06. The number of aromatic nitrogens is 2. The minimum atomic E-state index is 0.337. The zero-order chi connectivity index (χ0) is 12.7. The minimum Gasteiger partial charge on any atom is -0.328 e. The van der Waals surface area contributed by atoms with E-state index < -0.39 is 0 Å². The predicted molar refractivity (Wildman–Crippen MR) is 75.0 cm³/mol. The third-order valence-electron chi connectivity index (χ3n) is 3.89. The molecule has 0 radical (unpaired) electrons. The summed E-state index contributed by atoms with van der Waals surface area (Å²) in [5.41, 5.74) is 8.19. The Morgan fingerprint density at radius 1 is 1.44 bits per heavy atom. The van der Waals surface area contributed by atoms with Crippen molar-refractivity contribution in [2.45, 2.75) is 44.7 Å². The molecule has 0 amide bonds. The highest BCUT2D eigenvalue weighted by Crippen LogP contribution is 2.35. The summed E-state index contributed by atoms with van der Waals surface area (Å²) in [6, 6.07) is 6.25. The van der Waals surface area contributed by atoms with Crippen LogP contribution in [0.25, 0.3) is 11.0 Å². The first-order valence-electron chi connectivity index (χ1n) is 6.60. The monoisotopic (exact) mass is 263 g/mol. The molecule has 96 valence electrons.